The fourth-order valence-electron chi connectivity index (χ4n) is 3.74. The first kappa shape index (κ1) is 19.6. The minimum atomic E-state index is 0.0537. The van der Waals surface area contributed by atoms with Crippen LogP contribution < -0.4 is 5.32 Å². The fourth-order valence-corrected chi connectivity index (χ4v) is 3.74. The van der Waals surface area contributed by atoms with Crippen LogP contribution >= 0.6 is 0 Å². The number of hydrogen-bond acceptors (Lipinski definition) is 5. The first-order valence-corrected chi connectivity index (χ1v) is 9.94. The Labute approximate surface area is 161 Å². The molecule has 3 rings (SSSR count). The second kappa shape index (κ2) is 9.17. The molecule has 0 unspecified atom stereocenters. The second-order valence-electron chi connectivity index (χ2n) is 7.84. The van der Waals surface area contributed by atoms with Gasteiger partial charge in [0.15, 0.2) is 0 Å². The lowest BCUT2D eigenvalue weighted by Crippen LogP contribution is -2.41. The van der Waals surface area contributed by atoms with Crippen LogP contribution in [0.4, 0.5) is 5.82 Å². The molecule has 0 aliphatic carbocycles. The Morgan fingerprint density at radius 1 is 1.26 bits per heavy atom. The Morgan fingerprint density at radius 3 is 2.63 bits per heavy atom. The molecular formula is C20H31N5O2. The van der Waals surface area contributed by atoms with E-state index in [2.05, 4.69) is 15.2 Å². The Balaban J connectivity index is 1.45. The standard InChI is InChI=1S/C20H31N5O2/c1-23(2)13-9-21-18-6-5-17(14-22-18)20(27)24-11-7-16(8-12-24)15-25-10-3-4-19(25)26/h5-6,14,16H,3-4,7-13,15H2,1-2H3,(H,21,22). The van der Waals surface area contributed by atoms with Gasteiger partial charge in [0.25, 0.3) is 5.91 Å². The molecule has 2 aliphatic rings. The monoisotopic (exact) mass is 373 g/mol. The van der Waals surface area contributed by atoms with Gasteiger partial charge in [-0.25, -0.2) is 4.98 Å². The highest BCUT2D eigenvalue weighted by Crippen LogP contribution is 2.22. The van der Waals surface area contributed by atoms with Gasteiger partial charge < -0.3 is 20.0 Å². The summed E-state index contributed by atoms with van der Waals surface area (Å²) in [6.45, 7) is 5.03. The molecule has 2 amide bonds. The number of amides is 2. The van der Waals surface area contributed by atoms with E-state index in [1.54, 1.807) is 6.20 Å². The number of likely N-dealkylation sites (tertiary alicyclic amines) is 2. The number of hydrogen-bond donors (Lipinski definition) is 1. The molecule has 27 heavy (non-hydrogen) atoms. The number of carbonyl (C=O) groups excluding carboxylic acids is 2. The van der Waals surface area contributed by atoms with Crippen LogP contribution in [0.1, 0.15) is 36.0 Å². The molecule has 7 nitrogen and oxygen atoms in total. The molecule has 0 atom stereocenters. The number of likely N-dealkylation sites (N-methyl/N-ethyl adjacent to an activating group) is 1. The number of rotatable bonds is 7. The number of aromatic nitrogens is 1. The highest BCUT2D eigenvalue weighted by atomic mass is 16.2. The quantitative estimate of drug-likeness (QED) is 0.785. The van der Waals surface area contributed by atoms with Gasteiger partial charge >= 0.3 is 0 Å². The van der Waals surface area contributed by atoms with Crippen molar-refractivity contribution < 1.29 is 9.59 Å². The van der Waals surface area contributed by atoms with Gasteiger partial charge in [-0.15, -0.1) is 0 Å². The van der Waals surface area contributed by atoms with Crippen LogP contribution in [0, 0.1) is 5.92 Å². The number of nitrogens with one attached hydrogen (secondary N) is 1. The number of carbonyl (C=O) groups is 2. The lowest BCUT2D eigenvalue weighted by Gasteiger charge is -2.34. The summed E-state index contributed by atoms with van der Waals surface area (Å²) in [6.07, 6.45) is 5.28. The number of piperidine rings is 1. The molecule has 1 aromatic rings. The summed E-state index contributed by atoms with van der Waals surface area (Å²) in [5.74, 6) is 1.65. The SMILES string of the molecule is CN(C)CCNc1ccc(C(=O)N2CCC(CN3CCCC3=O)CC2)cn1. The maximum absolute atomic E-state index is 12.7. The number of pyridine rings is 1. The molecule has 0 radical (unpaired) electrons. The Morgan fingerprint density at radius 2 is 2.04 bits per heavy atom. The second-order valence-corrected chi connectivity index (χ2v) is 7.84. The summed E-state index contributed by atoms with van der Waals surface area (Å²) < 4.78 is 0. The molecule has 2 fully saturated rings. The van der Waals surface area contributed by atoms with Crippen LogP contribution in [-0.4, -0.2) is 84.9 Å². The van der Waals surface area contributed by atoms with Gasteiger partial charge in [-0.1, -0.05) is 0 Å². The van der Waals surface area contributed by atoms with E-state index in [1.165, 1.54) is 0 Å². The molecule has 2 aliphatic heterocycles. The molecule has 0 aromatic carbocycles. The zero-order valence-corrected chi connectivity index (χ0v) is 16.5. The van der Waals surface area contributed by atoms with Crippen molar-refractivity contribution in [1.82, 2.24) is 19.7 Å². The van der Waals surface area contributed by atoms with Crippen molar-refractivity contribution in [3.05, 3.63) is 23.9 Å². The lowest BCUT2D eigenvalue weighted by atomic mass is 9.96. The maximum atomic E-state index is 12.7. The van der Waals surface area contributed by atoms with Gasteiger partial charge in [-0.3, -0.25) is 9.59 Å². The highest BCUT2D eigenvalue weighted by molar-refractivity contribution is 5.94. The summed E-state index contributed by atoms with van der Waals surface area (Å²) >= 11 is 0. The van der Waals surface area contributed by atoms with Crippen LogP contribution in [-0.2, 0) is 4.79 Å². The third kappa shape index (κ3) is 5.42. The van der Waals surface area contributed by atoms with Gasteiger partial charge in [0.2, 0.25) is 5.91 Å². The normalized spacial score (nSPS) is 18.4. The van der Waals surface area contributed by atoms with E-state index >= 15 is 0 Å². The van der Waals surface area contributed by atoms with Crippen LogP contribution in [0.5, 0.6) is 0 Å². The summed E-state index contributed by atoms with van der Waals surface area (Å²) in [7, 11) is 4.06. The van der Waals surface area contributed by atoms with E-state index in [9.17, 15) is 9.59 Å². The summed E-state index contributed by atoms with van der Waals surface area (Å²) in [4.78, 5) is 34.9. The van der Waals surface area contributed by atoms with Gasteiger partial charge in [0.1, 0.15) is 5.82 Å². The first-order valence-electron chi connectivity index (χ1n) is 9.94. The topological polar surface area (TPSA) is 68.8 Å². The van der Waals surface area contributed by atoms with Crippen molar-refractivity contribution >= 4 is 17.6 Å². The minimum absolute atomic E-state index is 0.0537. The van der Waals surface area contributed by atoms with Gasteiger partial charge in [0, 0.05) is 51.9 Å². The average molecular weight is 374 g/mol. The lowest BCUT2D eigenvalue weighted by molar-refractivity contribution is -0.128. The average Bonchev–Trinajstić information content (AvgIpc) is 3.07. The van der Waals surface area contributed by atoms with Crippen LogP contribution in [0.15, 0.2) is 18.3 Å². The first-order chi connectivity index (χ1) is 13.0. The van der Waals surface area contributed by atoms with E-state index in [0.29, 0.717) is 23.8 Å². The van der Waals surface area contributed by atoms with Crippen LogP contribution in [0.3, 0.4) is 0 Å². The molecule has 1 aromatic heterocycles. The summed E-state index contributed by atoms with van der Waals surface area (Å²) in [6, 6.07) is 3.72. The van der Waals surface area contributed by atoms with Crippen molar-refractivity contribution in [3.8, 4) is 0 Å². The smallest absolute Gasteiger partial charge is 0.255 e. The molecule has 0 bridgehead atoms. The summed E-state index contributed by atoms with van der Waals surface area (Å²) in [5, 5.41) is 3.26. The molecule has 3 heterocycles. The fraction of sp³-hybridized carbons (Fsp3) is 0.650. The van der Waals surface area contributed by atoms with Crippen molar-refractivity contribution in [3.63, 3.8) is 0 Å². The Hall–Kier alpha value is -2.15. The molecule has 2 saturated heterocycles. The Bertz CT molecular complexity index is 638. The van der Waals surface area contributed by atoms with E-state index in [4.69, 9.17) is 0 Å². The van der Waals surface area contributed by atoms with Crippen molar-refractivity contribution in [2.24, 2.45) is 5.92 Å². The van der Waals surface area contributed by atoms with E-state index in [0.717, 1.165) is 64.3 Å². The molecule has 148 valence electrons. The largest absolute Gasteiger partial charge is 0.369 e. The molecule has 1 N–H and O–H groups in total. The zero-order valence-electron chi connectivity index (χ0n) is 16.5. The number of nitrogens with zero attached hydrogens (tertiary/aromatic N) is 4. The predicted octanol–water partition coefficient (Wildman–Crippen LogP) is 1.53. The molecule has 0 saturated carbocycles. The summed E-state index contributed by atoms with van der Waals surface area (Å²) in [5.41, 5.74) is 0.640. The zero-order chi connectivity index (χ0) is 19.2. The highest BCUT2D eigenvalue weighted by Gasteiger charge is 2.28. The van der Waals surface area contributed by atoms with Crippen molar-refractivity contribution in [1.29, 1.82) is 0 Å². The van der Waals surface area contributed by atoms with Crippen LogP contribution in [0.2, 0.25) is 0 Å². The van der Waals surface area contributed by atoms with Crippen LogP contribution in [0.25, 0.3) is 0 Å². The third-order valence-electron chi connectivity index (χ3n) is 5.43. The Kier molecular flexibility index (Phi) is 6.66. The third-order valence-corrected chi connectivity index (χ3v) is 5.43. The molecule has 7 heteroatoms. The van der Waals surface area contributed by atoms with Crippen molar-refractivity contribution in [2.75, 3.05) is 58.7 Å². The number of anilines is 1. The minimum Gasteiger partial charge on any atom is -0.369 e. The van der Waals surface area contributed by atoms with E-state index in [-0.39, 0.29) is 5.91 Å². The van der Waals surface area contributed by atoms with Gasteiger partial charge in [0.05, 0.1) is 5.56 Å². The van der Waals surface area contributed by atoms with E-state index < -0.39 is 0 Å². The van der Waals surface area contributed by atoms with Gasteiger partial charge in [-0.05, 0) is 51.4 Å². The maximum Gasteiger partial charge on any atom is 0.255 e. The molecular weight excluding hydrogens is 342 g/mol. The van der Waals surface area contributed by atoms with Gasteiger partial charge in [-0.2, -0.15) is 0 Å². The van der Waals surface area contributed by atoms with Crippen molar-refractivity contribution in [2.45, 2.75) is 25.7 Å². The van der Waals surface area contributed by atoms with E-state index in [1.807, 2.05) is 36.0 Å². The predicted molar refractivity (Wildman–Crippen MR) is 106 cm³/mol. The molecule has 0 spiro atoms.